The highest BCUT2D eigenvalue weighted by Gasteiger charge is 2.02. The second-order valence-corrected chi connectivity index (χ2v) is 10.4. The molecule has 10 nitrogen and oxygen atoms in total. The van der Waals surface area contributed by atoms with Crippen LogP contribution in [-0.2, 0) is 24.4 Å². The fourth-order valence-electron chi connectivity index (χ4n) is 3.17. The van der Waals surface area contributed by atoms with Crippen LogP contribution in [0.3, 0.4) is 0 Å². The van der Waals surface area contributed by atoms with Gasteiger partial charge in [0.05, 0.1) is 19.0 Å². The van der Waals surface area contributed by atoms with Crippen molar-refractivity contribution in [1.29, 1.82) is 0 Å². The molecule has 0 saturated carbocycles. The molecule has 0 amide bonds. The second kappa shape index (κ2) is 30.4. The van der Waals surface area contributed by atoms with Crippen LogP contribution in [0.25, 0.3) is 0 Å². The molecule has 0 aliphatic carbocycles. The predicted octanol–water partition coefficient (Wildman–Crippen LogP) is 2.64. The maximum atomic E-state index is 11.6. The number of hydrogen-bond donors (Lipinski definition) is 5. The zero-order chi connectivity index (χ0) is 27.2. The van der Waals surface area contributed by atoms with E-state index in [0.29, 0.717) is 32.8 Å². The van der Waals surface area contributed by atoms with Crippen molar-refractivity contribution < 1.29 is 32.3 Å². The Hall–Kier alpha value is -0.820. The molecule has 0 heterocycles. The molecule has 0 spiro atoms. The lowest BCUT2D eigenvalue weighted by atomic mass is 10.1. The summed E-state index contributed by atoms with van der Waals surface area (Å²) < 4.78 is 37.3. The van der Waals surface area contributed by atoms with Crippen molar-refractivity contribution in [2.45, 2.75) is 90.4 Å². The average Bonchev–Trinajstić information content (AvgIpc) is 2.85. The number of nitrogens with two attached hydrogens (primary N) is 1. The Labute approximate surface area is 220 Å². The molecule has 0 aliphatic heterocycles. The van der Waals surface area contributed by atoms with Gasteiger partial charge in [0.1, 0.15) is 6.61 Å². The van der Waals surface area contributed by atoms with Gasteiger partial charge >= 0.3 is 5.97 Å². The fraction of sp³-hybridized carbons (Fsp3) is 0.960. The number of unbranched alkanes of at least 4 members (excludes halogenated alkanes) is 9. The topological polar surface area (TPSA) is 160 Å². The smallest absolute Gasteiger partial charge is 0.305 e. The Morgan fingerprint density at radius 2 is 1.28 bits per heavy atom. The van der Waals surface area contributed by atoms with Gasteiger partial charge in [0.15, 0.2) is 0 Å². The highest BCUT2D eigenvalue weighted by atomic mass is 32.2. The zero-order valence-electron chi connectivity index (χ0n) is 22.7. The maximum absolute atomic E-state index is 11.6. The largest absolute Gasteiger partial charge is 0.464 e. The number of nitrogens with one attached hydrogen (secondary N) is 2. The van der Waals surface area contributed by atoms with E-state index in [-0.39, 0.29) is 18.3 Å². The lowest BCUT2D eigenvalue weighted by Crippen LogP contribution is -2.26. The van der Waals surface area contributed by atoms with E-state index in [4.69, 9.17) is 24.9 Å². The summed E-state index contributed by atoms with van der Waals surface area (Å²) in [4.78, 5) is 11.6. The average molecular weight is 542 g/mol. The van der Waals surface area contributed by atoms with Gasteiger partial charge in [-0.3, -0.25) is 9.35 Å². The molecular formula is C25H55N3O7S. The first-order chi connectivity index (χ1) is 17.4. The van der Waals surface area contributed by atoms with Crippen LogP contribution >= 0.6 is 0 Å². The van der Waals surface area contributed by atoms with E-state index in [1.807, 2.05) is 0 Å². The minimum Gasteiger partial charge on any atom is -0.464 e. The van der Waals surface area contributed by atoms with Crippen molar-refractivity contribution in [2.75, 3.05) is 64.9 Å². The summed E-state index contributed by atoms with van der Waals surface area (Å²) in [5.74, 6) is -0.321. The van der Waals surface area contributed by atoms with Crippen LogP contribution in [0.5, 0.6) is 0 Å². The van der Waals surface area contributed by atoms with E-state index in [1.165, 1.54) is 58.3 Å². The van der Waals surface area contributed by atoms with E-state index in [2.05, 4.69) is 10.6 Å². The monoisotopic (exact) mass is 541 g/mol. The standard InChI is InChI=1S/C23H49N3O4.C2H6O3S/c24-14-9-5-3-1-2-4-6-10-15-25-16-12-17-26-18-21-30-23(28)13-8-7-11-20-29-22-19-27;1-2-6(3,4)5/h25-27H,1-22,24H2;2H2,1H3,(H,3,4,5). The van der Waals surface area contributed by atoms with Crippen LogP contribution in [0, 0.1) is 0 Å². The summed E-state index contributed by atoms with van der Waals surface area (Å²) >= 11 is 0. The third-order valence-corrected chi connectivity index (χ3v) is 6.06. The van der Waals surface area contributed by atoms with Gasteiger partial charge in [0.25, 0.3) is 10.1 Å². The molecule has 11 heteroatoms. The van der Waals surface area contributed by atoms with E-state index in [9.17, 15) is 13.2 Å². The summed E-state index contributed by atoms with van der Waals surface area (Å²) in [5.41, 5.74) is 5.50. The molecule has 0 bridgehead atoms. The summed E-state index contributed by atoms with van der Waals surface area (Å²) in [7, 11) is -3.66. The Bertz CT molecular complexity index is 552. The van der Waals surface area contributed by atoms with E-state index in [1.54, 1.807) is 0 Å². The number of carbonyl (C=O) groups is 1. The molecule has 0 aliphatic rings. The quantitative estimate of drug-likeness (QED) is 0.0625. The first-order valence-electron chi connectivity index (χ1n) is 13.8. The lowest BCUT2D eigenvalue weighted by Gasteiger charge is -2.08. The van der Waals surface area contributed by atoms with E-state index >= 15 is 0 Å². The minimum atomic E-state index is -3.66. The van der Waals surface area contributed by atoms with Crippen LogP contribution in [-0.4, -0.2) is 89.0 Å². The summed E-state index contributed by atoms with van der Waals surface area (Å²) in [6.45, 7) is 7.55. The molecule has 218 valence electrons. The highest BCUT2D eigenvalue weighted by Crippen LogP contribution is 2.07. The van der Waals surface area contributed by atoms with Crippen molar-refractivity contribution in [1.82, 2.24) is 10.6 Å². The molecule has 0 aromatic carbocycles. The number of aliphatic hydroxyl groups excluding tert-OH is 1. The molecule has 6 N–H and O–H groups in total. The Morgan fingerprint density at radius 1 is 0.750 bits per heavy atom. The SMILES string of the molecule is CCS(=O)(=O)O.NCCCCCCCCCCNCCCNCCOC(=O)CCCCCOCCO. The second-order valence-electron chi connectivity index (χ2n) is 8.71. The summed E-state index contributed by atoms with van der Waals surface area (Å²) in [6, 6.07) is 0. The first-order valence-corrected chi connectivity index (χ1v) is 15.4. The molecule has 0 fully saturated rings. The number of esters is 1. The third-order valence-electron chi connectivity index (χ3n) is 5.33. The van der Waals surface area contributed by atoms with E-state index < -0.39 is 10.1 Å². The van der Waals surface area contributed by atoms with Crippen LogP contribution in [0.1, 0.15) is 90.4 Å². The highest BCUT2D eigenvalue weighted by molar-refractivity contribution is 7.85. The number of ether oxygens (including phenoxy) is 2. The van der Waals surface area contributed by atoms with Gasteiger partial charge in [0.2, 0.25) is 0 Å². The van der Waals surface area contributed by atoms with Gasteiger partial charge in [-0.1, -0.05) is 44.9 Å². The van der Waals surface area contributed by atoms with Gasteiger partial charge in [0, 0.05) is 19.6 Å². The molecule has 0 radical (unpaired) electrons. The van der Waals surface area contributed by atoms with Gasteiger partial charge in [-0.25, -0.2) is 0 Å². The molecule has 0 atom stereocenters. The maximum Gasteiger partial charge on any atom is 0.305 e. The van der Waals surface area contributed by atoms with E-state index in [0.717, 1.165) is 51.9 Å². The molecule has 0 aromatic heterocycles. The Morgan fingerprint density at radius 3 is 1.86 bits per heavy atom. The minimum absolute atomic E-state index is 0.0632. The van der Waals surface area contributed by atoms with Crippen LogP contribution in [0.15, 0.2) is 0 Å². The van der Waals surface area contributed by atoms with Crippen molar-refractivity contribution >= 4 is 16.1 Å². The van der Waals surface area contributed by atoms with Crippen LogP contribution < -0.4 is 16.4 Å². The lowest BCUT2D eigenvalue weighted by molar-refractivity contribution is -0.143. The van der Waals surface area contributed by atoms with Gasteiger partial charge in [-0.2, -0.15) is 8.42 Å². The fourth-order valence-corrected chi connectivity index (χ4v) is 3.17. The normalized spacial score (nSPS) is 11.2. The molecule has 0 saturated heterocycles. The van der Waals surface area contributed by atoms with Crippen molar-refractivity contribution in [3.63, 3.8) is 0 Å². The zero-order valence-corrected chi connectivity index (χ0v) is 23.5. The van der Waals surface area contributed by atoms with Gasteiger partial charge in [-0.15, -0.1) is 0 Å². The molecule has 0 unspecified atom stereocenters. The number of hydrogen-bond acceptors (Lipinski definition) is 9. The Kier molecular flexibility index (Phi) is 31.5. The van der Waals surface area contributed by atoms with Crippen molar-refractivity contribution in [3.8, 4) is 0 Å². The molecule has 36 heavy (non-hydrogen) atoms. The van der Waals surface area contributed by atoms with Crippen LogP contribution in [0.2, 0.25) is 0 Å². The van der Waals surface area contributed by atoms with Crippen molar-refractivity contribution in [2.24, 2.45) is 5.73 Å². The third kappa shape index (κ3) is 37.7. The summed E-state index contributed by atoms with van der Waals surface area (Å²) in [5, 5.41) is 15.4. The number of rotatable bonds is 26. The number of carbonyl (C=O) groups excluding carboxylic acids is 1. The molecule has 0 rings (SSSR count). The summed E-state index contributed by atoms with van der Waals surface area (Å²) in [6.07, 6.45) is 14.7. The first kappa shape index (κ1) is 37.3. The van der Waals surface area contributed by atoms with Gasteiger partial charge < -0.3 is 30.9 Å². The number of aliphatic hydroxyl groups is 1. The van der Waals surface area contributed by atoms with Crippen LogP contribution in [0.4, 0.5) is 0 Å². The molecule has 0 aromatic rings. The Balaban J connectivity index is 0. The van der Waals surface area contributed by atoms with Crippen molar-refractivity contribution in [3.05, 3.63) is 0 Å². The predicted molar refractivity (Wildman–Crippen MR) is 146 cm³/mol. The molecular weight excluding hydrogens is 486 g/mol. The van der Waals surface area contributed by atoms with Gasteiger partial charge in [-0.05, 0) is 65.2 Å².